The average molecular weight is 221 g/mol. The van der Waals surface area contributed by atoms with Crippen molar-refractivity contribution >= 4 is 6.08 Å². The van der Waals surface area contributed by atoms with Crippen LogP contribution in [0.2, 0.25) is 0 Å². The molecular formula is C14H18FO. The monoisotopic (exact) mass is 221 g/mol. The van der Waals surface area contributed by atoms with E-state index >= 15 is 0 Å². The normalized spacial score (nSPS) is 11.1. The first kappa shape index (κ1) is 12.9. The Morgan fingerprint density at radius 2 is 2.06 bits per heavy atom. The maximum absolute atomic E-state index is 13.2. The van der Waals surface area contributed by atoms with E-state index in [1.165, 1.54) is 6.07 Å². The Labute approximate surface area is 96.9 Å². The van der Waals surface area contributed by atoms with E-state index in [0.29, 0.717) is 12.2 Å². The second-order valence-corrected chi connectivity index (χ2v) is 3.56. The molecule has 0 aliphatic heterocycles. The number of benzene rings is 1. The summed E-state index contributed by atoms with van der Waals surface area (Å²) < 4.78 is 18.5. The second-order valence-electron chi connectivity index (χ2n) is 3.56. The highest BCUT2D eigenvalue weighted by molar-refractivity contribution is 5.49. The van der Waals surface area contributed by atoms with E-state index in [4.69, 9.17) is 4.74 Å². The molecule has 0 atom stereocenters. The van der Waals surface area contributed by atoms with Crippen LogP contribution in [-0.4, -0.2) is 13.2 Å². The van der Waals surface area contributed by atoms with Gasteiger partial charge in [-0.2, -0.15) is 0 Å². The molecule has 0 heterocycles. The van der Waals surface area contributed by atoms with E-state index in [1.807, 2.05) is 12.1 Å². The molecule has 87 valence electrons. The molecule has 1 nitrogen and oxygen atoms in total. The fraction of sp³-hybridized carbons (Fsp3) is 0.357. The molecule has 0 saturated carbocycles. The van der Waals surface area contributed by atoms with Crippen LogP contribution in [0.4, 0.5) is 4.39 Å². The lowest BCUT2D eigenvalue weighted by Gasteiger charge is -1.99. The van der Waals surface area contributed by atoms with Crippen molar-refractivity contribution < 1.29 is 9.13 Å². The lowest BCUT2D eigenvalue weighted by molar-refractivity contribution is 0.158. The number of unbranched alkanes of at least 4 members (excludes halogenated alkanes) is 2. The molecule has 0 unspecified atom stereocenters. The number of halogens is 1. The summed E-state index contributed by atoms with van der Waals surface area (Å²) in [5.74, 6) is -0.198. The quantitative estimate of drug-likeness (QED) is 0.635. The smallest absolute Gasteiger partial charge is 0.130 e. The molecule has 0 aromatic heterocycles. The van der Waals surface area contributed by atoms with Crippen LogP contribution in [0.15, 0.2) is 30.3 Å². The van der Waals surface area contributed by atoms with Gasteiger partial charge in [0.25, 0.3) is 0 Å². The van der Waals surface area contributed by atoms with Crippen LogP contribution < -0.4 is 0 Å². The van der Waals surface area contributed by atoms with Crippen molar-refractivity contribution in [1.82, 2.24) is 0 Å². The van der Waals surface area contributed by atoms with Crippen molar-refractivity contribution in [3.63, 3.8) is 0 Å². The Kier molecular flexibility index (Phi) is 6.50. The van der Waals surface area contributed by atoms with Gasteiger partial charge in [0, 0.05) is 12.2 Å². The third kappa shape index (κ3) is 5.08. The van der Waals surface area contributed by atoms with E-state index in [1.54, 1.807) is 18.2 Å². The van der Waals surface area contributed by atoms with Crippen LogP contribution in [0.1, 0.15) is 24.8 Å². The van der Waals surface area contributed by atoms with Crippen molar-refractivity contribution in [1.29, 1.82) is 0 Å². The number of ether oxygens (including phenoxy) is 1. The summed E-state index contributed by atoms with van der Waals surface area (Å²) in [4.78, 5) is 0. The molecular weight excluding hydrogens is 203 g/mol. The molecule has 1 aromatic rings. The maximum Gasteiger partial charge on any atom is 0.130 e. The Morgan fingerprint density at radius 1 is 1.25 bits per heavy atom. The standard InChI is InChI=1S/C14H18FO/c1-2-3-6-11-16-12-7-9-13-8-4-5-10-14(13)15/h4-5,7-10H,1-3,6,11-12H2. The van der Waals surface area contributed by atoms with Gasteiger partial charge >= 0.3 is 0 Å². The highest BCUT2D eigenvalue weighted by Gasteiger charge is 1.94. The Balaban J connectivity index is 2.20. The molecule has 1 aromatic carbocycles. The molecule has 0 aliphatic carbocycles. The van der Waals surface area contributed by atoms with Gasteiger partial charge in [-0.3, -0.25) is 0 Å². The lowest BCUT2D eigenvalue weighted by atomic mass is 10.2. The van der Waals surface area contributed by atoms with E-state index in [0.717, 1.165) is 25.9 Å². The minimum Gasteiger partial charge on any atom is -0.377 e. The summed E-state index contributed by atoms with van der Waals surface area (Å²) in [6, 6.07) is 6.70. The van der Waals surface area contributed by atoms with Crippen molar-refractivity contribution in [2.45, 2.75) is 19.3 Å². The predicted molar refractivity (Wildman–Crippen MR) is 65.5 cm³/mol. The van der Waals surface area contributed by atoms with E-state index in [9.17, 15) is 4.39 Å². The highest BCUT2D eigenvalue weighted by atomic mass is 19.1. The maximum atomic E-state index is 13.2. The largest absolute Gasteiger partial charge is 0.377 e. The van der Waals surface area contributed by atoms with Crippen LogP contribution in [0.3, 0.4) is 0 Å². The second kappa shape index (κ2) is 8.05. The molecule has 0 saturated heterocycles. The Bertz CT molecular complexity index is 320. The van der Waals surface area contributed by atoms with Crippen molar-refractivity contribution in [2.75, 3.05) is 13.2 Å². The molecule has 0 aliphatic rings. The van der Waals surface area contributed by atoms with Crippen LogP contribution >= 0.6 is 0 Å². The minimum atomic E-state index is -0.198. The summed E-state index contributed by atoms with van der Waals surface area (Å²) >= 11 is 0. The highest BCUT2D eigenvalue weighted by Crippen LogP contribution is 2.07. The van der Waals surface area contributed by atoms with Crippen molar-refractivity contribution in [3.05, 3.63) is 48.6 Å². The summed E-state index contributed by atoms with van der Waals surface area (Å²) in [5.41, 5.74) is 0.601. The third-order valence-corrected chi connectivity index (χ3v) is 2.21. The molecule has 0 N–H and O–H groups in total. The molecule has 0 fully saturated rings. The zero-order valence-electron chi connectivity index (χ0n) is 9.49. The van der Waals surface area contributed by atoms with Crippen LogP contribution in [0, 0.1) is 12.7 Å². The van der Waals surface area contributed by atoms with E-state index in [2.05, 4.69) is 6.92 Å². The SMILES string of the molecule is [CH2]CCCCOCC=Cc1ccccc1F. The molecule has 0 amide bonds. The van der Waals surface area contributed by atoms with Crippen LogP contribution in [0.5, 0.6) is 0 Å². The number of hydrogen-bond donors (Lipinski definition) is 0. The predicted octanol–water partition coefficient (Wildman–Crippen LogP) is 3.86. The van der Waals surface area contributed by atoms with E-state index in [-0.39, 0.29) is 5.82 Å². The van der Waals surface area contributed by atoms with Gasteiger partial charge in [0.2, 0.25) is 0 Å². The lowest BCUT2D eigenvalue weighted by Crippen LogP contribution is -1.93. The van der Waals surface area contributed by atoms with Crippen LogP contribution in [-0.2, 0) is 4.74 Å². The van der Waals surface area contributed by atoms with Gasteiger partial charge in [-0.1, -0.05) is 50.1 Å². The molecule has 0 bridgehead atoms. The van der Waals surface area contributed by atoms with Gasteiger partial charge in [-0.25, -0.2) is 4.39 Å². The summed E-state index contributed by atoms with van der Waals surface area (Å²) in [6.07, 6.45) is 6.67. The molecule has 1 radical (unpaired) electrons. The average Bonchev–Trinajstić information content (AvgIpc) is 2.30. The van der Waals surface area contributed by atoms with Crippen LogP contribution in [0.25, 0.3) is 6.08 Å². The molecule has 0 spiro atoms. The Hall–Kier alpha value is -1.15. The summed E-state index contributed by atoms with van der Waals surface area (Å²) in [5, 5.41) is 0. The summed E-state index contributed by atoms with van der Waals surface area (Å²) in [6.45, 7) is 5.04. The van der Waals surface area contributed by atoms with Gasteiger partial charge in [-0.05, 0) is 12.5 Å². The van der Waals surface area contributed by atoms with Gasteiger partial charge in [0.15, 0.2) is 0 Å². The first-order valence-electron chi connectivity index (χ1n) is 5.62. The van der Waals surface area contributed by atoms with Gasteiger partial charge < -0.3 is 4.74 Å². The zero-order valence-corrected chi connectivity index (χ0v) is 9.49. The first-order chi connectivity index (χ1) is 7.84. The minimum absolute atomic E-state index is 0.198. The number of hydrogen-bond acceptors (Lipinski definition) is 1. The van der Waals surface area contributed by atoms with Crippen molar-refractivity contribution in [2.24, 2.45) is 0 Å². The molecule has 1 rings (SSSR count). The molecule has 2 heteroatoms. The Morgan fingerprint density at radius 3 is 2.81 bits per heavy atom. The fourth-order valence-electron chi connectivity index (χ4n) is 1.32. The van der Waals surface area contributed by atoms with Crippen molar-refractivity contribution in [3.8, 4) is 0 Å². The third-order valence-electron chi connectivity index (χ3n) is 2.21. The topological polar surface area (TPSA) is 9.23 Å². The van der Waals surface area contributed by atoms with Gasteiger partial charge in [0.1, 0.15) is 5.82 Å². The molecule has 16 heavy (non-hydrogen) atoms. The van der Waals surface area contributed by atoms with E-state index < -0.39 is 0 Å². The summed E-state index contributed by atoms with van der Waals surface area (Å²) in [7, 11) is 0. The number of rotatable bonds is 7. The van der Waals surface area contributed by atoms with Gasteiger partial charge in [-0.15, -0.1) is 0 Å². The zero-order chi connectivity index (χ0) is 11.6. The van der Waals surface area contributed by atoms with Gasteiger partial charge in [0.05, 0.1) is 6.61 Å². The fourth-order valence-corrected chi connectivity index (χ4v) is 1.32. The first-order valence-corrected chi connectivity index (χ1v) is 5.62.